The van der Waals surface area contributed by atoms with Crippen LogP contribution in [0.5, 0.6) is 0 Å². The molecule has 140 valence electrons. The van der Waals surface area contributed by atoms with Gasteiger partial charge in [0.15, 0.2) is 0 Å². The highest BCUT2D eigenvalue weighted by atomic mass is 16.3. The average molecular weight is 357 g/mol. The number of carbonyl (C=O) groups excluding carboxylic acids is 2. The van der Waals surface area contributed by atoms with Crippen molar-refractivity contribution >= 4 is 11.8 Å². The molecule has 3 aliphatic rings. The van der Waals surface area contributed by atoms with E-state index in [1.54, 1.807) is 0 Å². The van der Waals surface area contributed by atoms with Crippen LogP contribution in [0, 0.1) is 0 Å². The zero-order chi connectivity index (χ0) is 18.1. The third kappa shape index (κ3) is 3.62. The van der Waals surface area contributed by atoms with Crippen LogP contribution in [0.1, 0.15) is 36.0 Å². The van der Waals surface area contributed by atoms with Crippen molar-refractivity contribution in [1.82, 2.24) is 15.5 Å². The quantitative estimate of drug-likeness (QED) is 0.717. The van der Waals surface area contributed by atoms with Crippen LogP contribution in [-0.2, 0) is 28.9 Å². The first-order valence-electron chi connectivity index (χ1n) is 9.69. The lowest BCUT2D eigenvalue weighted by atomic mass is 10.0. The molecule has 1 aliphatic heterocycles. The zero-order valence-corrected chi connectivity index (χ0v) is 15.0. The molecule has 1 heterocycles. The molecule has 3 atom stereocenters. The van der Waals surface area contributed by atoms with E-state index in [2.05, 4.69) is 22.8 Å². The summed E-state index contributed by atoms with van der Waals surface area (Å²) >= 11 is 0. The largest absolute Gasteiger partial charge is 0.389 e. The number of carbonyl (C=O) groups is 2. The van der Waals surface area contributed by atoms with Crippen LogP contribution in [0.25, 0.3) is 0 Å². The van der Waals surface area contributed by atoms with E-state index in [9.17, 15) is 14.7 Å². The predicted octanol–water partition coefficient (Wildman–Crippen LogP) is 0.158. The van der Waals surface area contributed by atoms with E-state index >= 15 is 0 Å². The second-order valence-electron chi connectivity index (χ2n) is 7.76. The summed E-state index contributed by atoms with van der Waals surface area (Å²) in [6.07, 6.45) is 4.74. The Labute approximate surface area is 153 Å². The van der Waals surface area contributed by atoms with E-state index in [0.29, 0.717) is 19.5 Å². The van der Waals surface area contributed by atoms with E-state index < -0.39 is 6.10 Å². The summed E-state index contributed by atoms with van der Waals surface area (Å²) in [5.41, 5.74) is 3.83. The molecule has 1 aromatic rings. The summed E-state index contributed by atoms with van der Waals surface area (Å²) in [7, 11) is 0. The molecule has 0 radical (unpaired) electrons. The number of aliphatic hydroxyl groups excluding tert-OH is 1. The van der Waals surface area contributed by atoms with Gasteiger partial charge in [0, 0.05) is 19.1 Å². The molecule has 1 saturated carbocycles. The summed E-state index contributed by atoms with van der Waals surface area (Å²) in [6, 6.07) is 6.07. The third-order valence-corrected chi connectivity index (χ3v) is 5.99. The van der Waals surface area contributed by atoms with Gasteiger partial charge in [0.05, 0.1) is 25.1 Å². The first-order valence-corrected chi connectivity index (χ1v) is 9.69. The molecule has 4 rings (SSSR count). The smallest absolute Gasteiger partial charge is 0.234 e. The second-order valence-corrected chi connectivity index (χ2v) is 7.76. The molecule has 0 spiro atoms. The number of rotatable bonds is 4. The number of piperazine rings is 1. The van der Waals surface area contributed by atoms with Crippen molar-refractivity contribution in [3.8, 4) is 0 Å². The fourth-order valence-electron chi connectivity index (χ4n) is 4.64. The number of aryl methyl sites for hydroxylation is 2. The van der Waals surface area contributed by atoms with E-state index in [1.165, 1.54) is 17.5 Å². The van der Waals surface area contributed by atoms with Crippen molar-refractivity contribution in [2.45, 2.75) is 56.7 Å². The van der Waals surface area contributed by atoms with Gasteiger partial charge >= 0.3 is 0 Å². The van der Waals surface area contributed by atoms with Crippen molar-refractivity contribution in [2.75, 3.05) is 19.6 Å². The Balaban J connectivity index is 1.32. The summed E-state index contributed by atoms with van der Waals surface area (Å²) in [5.74, 6) is -0.0309. The lowest BCUT2D eigenvalue weighted by Crippen LogP contribution is -2.55. The van der Waals surface area contributed by atoms with Crippen molar-refractivity contribution in [1.29, 1.82) is 0 Å². The van der Waals surface area contributed by atoms with Gasteiger partial charge in [-0.25, -0.2) is 0 Å². The van der Waals surface area contributed by atoms with Gasteiger partial charge in [0.1, 0.15) is 0 Å². The molecule has 6 heteroatoms. The Morgan fingerprint density at radius 3 is 2.96 bits per heavy atom. The Hall–Kier alpha value is -1.92. The van der Waals surface area contributed by atoms with Gasteiger partial charge < -0.3 is 15.7 Å². The molecule has 26 heavy (non-hydrogen) atoms. The van der Waals surface area contributed by atoms with Gasteiger partial charge in [-0.15, -0.1) is 0 Å². The number of nitrogens with zero attached hydrogens (tertiary/aromatic N) is 1. The molecule has 0 aromatic heterocycles. The molecular formula is C20H27N3O3. The predicted molar refractivity (Wildman–Crippen MR) is 97.7 cm³/mol. The number of hydrogen-bond acceptors (Lipinski definition) is 4. The van der Waals surface area contributed by atoms with E-state index in [0.717, 1.165) is 37.8 Å². The van der Waals surface area contributed by atoms with Crippen LogP contribution in [0.3, 0.4) is 0 Å². The van der Waals surface area contributed by atoms with E-state index in [1.807, 2.05) is 11.0 Å². The number of benzene rings is 1. The zero-order valence-electron chi connectivity index (χ0n) is 15.0. The monoisotopic (exact) mass is 357 g/mol. The minimum absolute atomic E-state index is 0.00699. The molecule has 0 unspecified atom stereocenters. The lowest BCUT2D eigenvalue weighted by Gasteiger charge is -2.34. The van der Waals surface area contributed by atoms with Crippen LogP contribution < -0.4 is 10.6 Å². The lowest BCUT2D eigenvalue weighted by molar-refractivity contribution is -0.126. The molecule has 1 saturated heterocycles. The Morgan fingerprint density at radius 1 is 1.27 bits per heavy atom. The Kier molecular flexibility index (Phi) is 4.96. The van der Waals surface area contributed by atoms with Crippen molar-refractivity contribution < 1.29 is 14.7 Å². The highest BCUT2D eigenvalue weighted by Gasteiger charge is 2.40. The average Bonchev–Trinajstić information content (AvgIpc) is 3.22. The van der Waals surface area contributed by atoms with Crippen molar-refractivity contribution in [2.24, 2.45) is 0 Å². The normalized spacial score (nSPS) is 28.7. The maximum Gasteiger partial charge on any atom is 0.234 e. The number of nitrogens with one attached hydrogen (secondary N) is 2. The van der Waals surface area contributed by atoms with E-state index in [-0.39, 0.29) is 23.9 Å². The summed E-state index contributed by atoms with van der Waals surface area (Å²) < 4.78 is 0. The van der Waals surface area contributed by atoms with Gasteiger partial charge in [-0.2, -0.15) is 0 Å². The van der Waals surface area contributed by atoms with Gasteiger partial charge in [0.25, 0.3) is 0 Å². The van der Waals surface area contributed by atoms with Gasteiger partial charge in [-0.1, -0.05) is 18.2 Å². The fourth-order valence-corrected chi connectivity index (χ4v) is 4.64. The number of aliphatic hydroxyl groups is 1. The topological polar surface area (TPSA) is 81.7 Å². The molecule has 0 bridgehead atoms. The molecule has 2 fully saturated rings. The highest BCUT2D eigenvalue weighted by molar-refractivity contribution is 5.79. The first kappa shape index (κ1) is 17.5. The number of amides is 2. The fraction of sp³-hybridized carbons (Fsp3) is 0.600. The number of hydrogen-bond donors (Lipinski definition) is 3. The van der Waals surface area contributed by atoms with Crippen molar-refractivity contribution in [3.05, 3.63) is 34.9 Å². The molecule has 3 N–H and O–H groups in total. The minimum atomic E-state index is -0.620. The molecule has 2 aliphatic carbocycles. The minimum Gasteiger partial charge on any atom is -0.389 e. The SMILES string of the molecule is O=C1CN([C@@H]2CC[C@@H](NC(=O)Cc3ccc4c(c3)CCC4)[C@H]2O)CCN1. The van der Waals surface area contributed by atoms with Gasteiger partial charge in [0.2, 0.25) is 11.8 Å². The second kappa shape index (κ2) is 7.37. The molecule has 2 amide bonds. The summed E-state index contributed by atoms with van der Waals surface area (Å²) in [6.45, 7) is 1.71. The summed E-state index contributed by atoms with van der Waals surface area (Å²) in [4.78, 5) is 26.1. The molecule has 1 aromatic carbocycles. The molecule has 6 nitrogen and oxygen atoms in total. The number of fused-ring (bicyclic) bond motifs is 1. The van der Waals surface area contributed by atoms with Crippen LogP contribution in [0.15, 0.2) is 18.2 Å². The highest BCUT2D eigenvalue weighted by Crippen LogP contribution is 2.26. The third-order valence-electron chi connectivity index (χ3n) is 5.99. The maximum atomic E-state index is 12.4. The maximum absolute atomic E-state index is 12.4. The van der Waals surface area contributed by atoms with Crippen LogP contribution >= 0.6 is 0 Å². The Bertz CT molecular complexity index is 706. The van der Waals surface area contributed by atoms with Gasteiger partial charge in [-0.05, 0) is 48.8 Å². The van der Waals surface area contributed by atoms with Crippen LogP contribution in [0.4, 0.5) is 0 Å². The van der Waals surface area contributed by atoms with Crippen LogP contribution in [0.2, 0.25) is 0 Å². The Morgan fingerprint density at radius 2 is 2.12 bits per heavy atom. The standard InChI is InChI=1S/C20H27N3O3/c24-18(11-13-4-5-14-2-1-3-15(14)10-13)22-16-6-7-17(20(16)26)23-9-8-21-19(25)12-23/h4-5,10,16-17,20,26H,1-3,6-9,11-12H2,(H,21,25)(H,22,24)/t16-,17-,20-/m1/s1. The van der Waals surface area contributed by atoms with Crippen molar-refractivity contribution in [3.63, 3.8) is 0 Å². The van der Waals surface area contributed by atoms with E-state index in [4.69, 9.17) is 0 Å². The summed E-state index contributed by atoms with van der Waals surface area (Å²) in [5, 5.41) is 16.5. The molecular weight excluding hydrogens is 330 g/mol. The first-order chi connectivity index (χ1) is 12.6. The van der Waals surface area contributed by atoms with Gasteiger partial charge in [-0.3, -0.25) is 14.5 Å². The van der Waals surface area contributed by atoms with Crippen LogP contribution in [-0.4, -0.2) is 59.6 Å².